The lowest BCUT2D eigenvalue weighted by Gasteiger charge is -2.36. The number of amides is 1. The Bertz CT molecular complexity index is 1350. The highest BCUT2D eigenvalue weighted by Gasteiger charge is 2.32. The molecular formula is C26H27ClN6O2. The first-order valence-corrected chi connectivity index (χ1v) is 12.1. The molecule has 35 heavy (non-hydrogen) atoms. The van der Waals surface area contributed by atoms with Gasteiger partial charge in [-0.05, 0) is 55.2 Å². The average molecular weight is 491 g/mol. The summed E-state index contributed by atoms with van der Waals surface area (Å²) in [6.45, 7) is 1.95. The first kappa shape index (κ1) is 23.3. The largest absolute Gasteiger partial charge is 0.383 e. The minimum absolute atomic E-state index is 0.0396. The summed E-state index contributed by atoms with van der Waals surface area (Å²) in [6, 6.07) is 13.0. The van der Waals surface area contributed by atoms with Crippen molar-refractivity contribution in [2.45, 2.75) is 31.8 Å². The van der Waals surface area contributed by atoms with Crippen LogP contribution in [0.1, 0.15) is 41.4 Å². The number of piperidine rings is 1. The number of nitrogens with two attached hydrogens (primary N) is 1. The smallest absolute Gasteiger partial charge is 0.254 e. The van der Waals surface area contributed by atoms with Gasteiger partial charge in [-0.15, -0.1) is 0 Å². The number of hydrogen-bond acceptors (Lipinski definition) is 6. The number of nitrogens with zero attached hydrogens (tertiary/aromatic N) is 5. The third-order valence-electron chi connectivity index (χ3n) is 6.48. The van der Waals surface area contributed by atoms with E-state index in [1.54, 1.807) is 19.6 Å². The number of anilines is 1. The Balaban J connectivity index is 1.49. The van der Waals surface area contributed by atoms with Gasteiger partial charge in [0.05, 0.1) is 35.7 Å². The Kier molecular flexibility index (Phi) is 6.66. The van der Waals surface area contributed by atoms with Crippen molar-refractivity contribution in [3.05, 3.63) is 71.3 Å². The Morgan fingerprint density at radius 2 is 2.00 bits per heavy atom. The Labute approximate surface area is 208 Å². The molecule has 0 bridgehead atoms. The summed E-state index contributed by atoms with van der Waals surface area (Å²) in [5, 5.41) is 0.654. The number of hydrogen-bond donors (Lipinski definition) is 1. The van der Waals surface area contributed by atoms with Gasteiger partial charge in [0, 0.05) is 42.5 Å². The van der Waals surface area contributed by atoms with Crippen LogP contribution in [0.5, 0.6) is 0 Å². The number of imidazole rings is 1. The molecule has 4 aromatic rings. The standard InChI is InChI=1S/C26H27ClN6O2/c1-35-13-12-32-16-30-21-14-18(7-10-22(21)32)25(34)33-11-3-2-4-23(33)24-20(15-29-26(28)31-24)17-5-8-19(27)9-6-17/h5-10,14-16,23H,2-4,11-13H2,1H3,(H2,28,29,31)/t23-/m1/s1. The number of fused-ring (bicyclic) bond motifs is 1. The Morgan fingerprint density at radius 3 is 2.80 bits per heavy atom. The molecule has 1 aliphatic rings. The Morgan fingerprint density at radius 1 is 1.17 bits per heavy atom. The second-order valence-electron chi connectivity index (χ2n) is 8.68. The molecule has 0 aliphatic carbocycles. The molecule has 2 aromatic carbocycles. The first-order chi connectivity index (χ1) is 17.0. The van der Waals surface area contributed by atoms with E-state index in [2.05, 4.69) is 15.0 Å². The number of likely N-dealkylation sites (tertiary alicyclic amines) is 1. The molecule has 5 rings (SSSR count). The van der Waals surface area contributed by atoms with Gasteiger partial charge in [-0.25, -0.2) is 15.0 Å². The molecule has 2 aromatic heterocycles. The normalized spacial score (nSPS) is 16.1. The highest BCUT2D eigenvalue weighted by Crippen LogP contribution is 2.37. The van der Waals surface area contributed by atoms with E-state index in [1.165, 1.54) is 0 Å². The summed E-state index contributed by atoms with van der Waals surface area (Å²) in [5.41, 5.74) is 10.9. The highest BCUT2D eigenvalue weighted by atomic mass is 35.5. The van der Waals surface area contributed by atoms with Crippen molar-refractivity contribution in [3.8, 4) is 11.1 Å². The molecule has 0 radical (unpaired) electrons. The van der Waals surface area contributed by atoms with Crippen molar-refractivity contribution in [1.29, 1.82) is 0 Å². The summed E-state index contributed by atoms with van der Waals surface area (Å²) in [7, 11) is 1.68. The molecule has 1 aliphatic heterocycles. The van der Waals surface area contributed by atoms with Gasteiger partial charge in [-0.1, -0.05) is 23.7 Å². The van der Waals surface area contributed by atoms with Crippen LogP contribution >= 0.6 is 11.6 Å². The number of carbonyl (C=O) groups is 1. The number of benzene rings is 2. The summed E-state index contributed by atoms with van der Waals surface area (Å²) in [4.78, 5) is 29.0. The third kappa shape index (κ3) is 4.72. The lowest BCUT2D eigenvalue weighted by atomic mass is 9.93. The molecule has 0 unspecified atom stereocenters. The van der Waals surface area contributed by atoms with Crippen LogP contribution in [0.25, 0.3) is 22.2 Å². The minimum atomic E-state index is -0.206. The van der Waals surface area contributed by atoms with Gasteiger partial charge in [0.15, 0.2) is 0 Å². The van der Waals surface area contributed by atoms with E-state index >= 15 is 0 Å². The fraction of sp³-hybridized carbons (Fsp3) is 0.308. The zero-order valence-corrected chi connectivity index (χ0v) is 20.3. The zero-order chi connectivity index (χ0) is 24.4. The average Bonchev–Trinajstić information content (AvgIpc) is 3.29. The monoisotopic (exact) mass is 490 g/mol. The van der Waals surface area contributed by atoms with Gasteiger partial charge in [0.2, 0.25) is 5.95 Å². The third-order valence-corrected chi connectivity index (χ3v) is 6.73. The van der Waals surface area contributed by atoms with Gasteiger partial charge in [0.1, 0.15) is 0 Å². The van der Waals surface area contributed by atoms with Crippen LogP contribution in [0.15, 0.2) is 55.0 Å². The predicted molar refractivity (Wildman–Crippen MR) is 136 cm³/mol. The second kappa shape index (κ2) is 10.0. The fourth-order valence-electron chi connectivity index (χ4n) is 4.70. The van der Waals surface area contributed by atoms with Crippen LogP contribution in [-0.2, 0) is 11.3 Å². The van der Waals surface area contributed by atoms with Crippen molar-refractivity contribution >= 4 is 34.5 Å². The SMILES string of the molecule is COCCn1cnc2cc(C(=O)N3CCCC[C@@H]3c3nc(N)ncc3-c3ccc(Cl)cc3)ccc21. The Hall–Kier alpha value is -3.49. The predicted octanol–water partition coefficient (Wildman–Crippen LogP) is 4.74. The highest BCUT2D eigenvalue weighted by molar-refractivity contribution is 6.30. The number of nitrogen functional groups attached to an aromatic ring is 1. The zero-order valence-electron chi connectivity index (χ0n) is 19.5. The molecule has 1 amide bonds. The van der Waals surface area contributed by atoms with Crippen LogP contribution in [0.3, 0.4) is 0 Å². The van der Waals surface area contributed by atoms with E-state index in [9.17, 15) is 4.79 Å². The summed E-state index contributed by atoms with van der Waals surface area (Å²) in [5.74, 6) is 0.154. The van der Waals surface area contributed by atoms with Crippen LogP contribution in [0, 0.1) is 0 Å². The molecular weight excluding hydrogens is 464 g/mol. The maximum Gasteiger partial charge on any atom is 0.254 e. The van der Waals surface area contributed by atoms with Crippen molar-refractivity contribution in [2.75, 3.05) is 26.0 Å². The minimum Gasteiger partial charge on any atom is -0.383 e. The molecule has 8 nitrogen and oxygen atoms in total. The van der Waals surface area contributed by atoms with Gasteiger partial charge >= 0.3 is 0 Å². The molecule has 180 valence electrons. The number of carbonyl (C=O) groups excluding carboxylic acids is 1. The molecule has 1 fully saturated rings. The second-order valence-corrected chi connectivity index (χ2v) is 9.11. The van der Waals surface area contributed by atoms with Gasteiger partial charge in [-0.2, -0.15) is 0 Å². The summed E-state index contributed by atoms with van der Waals surface area (Å²) < 4.78 is 7.21. The number of rotatable bonds is 6. The lowest BCUT2D eigenvalue weighted by molar-refractivity contribution is 0.0607. The van der Waals surface area contributed by atoms with Gasteiger partial charge < -0.3 is 19.9 Å². The molecule has 2 N–H and O–H groups in total. The topological polar surface area (TPSA) is 99.2 Å². The molecule has 9 heteroatoms. The summed E-state index contributed by atoms with van der Waals surface area (Å²) >= 11 is 6.10. The van der Waals surface area contributed by atoms with Crippen molar-refractivity contribution in [1.82, 2.24) is 24.4 Å². The van der Waals surface area contributed by atoms with E-state index in [0.717, 1.165) is 47.1 Å². The van der Waals surface area contributed by atoms with Gasteiger partial charge in [-0.3, -0.25) is 4.79 Å². The van der Waals surface area contributed by atoms with E-state index in [0.29, 0.717) is 30.3 Å². The van der Waals surface area contributed by atoms with E-state index in [4.69, 9.17) is 22.1 Å². The van der Waals surface area contributed by atoms with Crippen LogP contribution in [-0.4, -0.2) is 50.6 Å². The van der Waals surface area contributed by atoms with E-state index in [1.807, 2.05) is 51.9 Å². The van der Waals surface area contributed by atoms with Crippen molar-refractivity contribution < 1.29 is 9.53 Å². The van der Waals surface area contributed by atoms with Crippen LogP contribution in [0.2, 0.25) is 5.02 Å². The van der Waals surface area contributed by atoms with E-state index in [-0.39, 0.29) is 17.9 Å². The number of halogens is 1. The number of methoxy groups -OCH3 is 1. The van der Waals surface area contributed by atoms with Crippen molar-refractivity contribution in [2.24, 2.45) is 0 Å². The van der Waals surface area contributed by atoms with E-state index < -0.39 is 0 Å². The molecule has 0 saturated carbocycles. The number of aromatic nitrogens is 4. The molecule has 1 atom stereocenters. The lowest BCUT2D eigenvalue weighted by Crippen LogP contribution is -2.39. The van der Waals surface area contributed by atoms with Crippen molar-refractivity contribution in [3.63, 3.8) is 0 Å². The molecule has 1 saturated heterocycles. The molecule has 0 spiro atoms. The first-order valence-electron chi connectivity index (χ1n) is 11.7. The quantitative estimate of drug-likeness (QED) is 0.419. The maximum absolute atomic E-state index is 13.8. The molecule has 3 heterocycles. The van der Waals surface area contributed by atoms with Gasteiger partial charge in [0.25, 0.3) is 5.91 Å². The van der Waals surface area contributed by atoms with Crippen LogP contribution in [0.4, 0.5) is 5.95 Å². The van der Waals surface area contributed by atoms with Crippen LogP contribution < -0.4 is 5.73 Å². The fourth-order valence-corrected chi connectivity index (χ4v) is 4.83. The number of ether oxygens (including phenoxy) is 1. The maximum atomic E-state index is 13.8. The summed E-state index contributed by atoms with van der Waals surface area (Å²) in [6.07, 6.45) is 6.26.